The number of nitrogens with one attached hydrogen (secondary N) is 1. The molecule has 0 radical (unpaired) electrons. The maximum atomic E-state index is 12.0. The predicted molar refractivity (Wildman–Crippen MR) is 75.3 cm³/mol. The Hall–Kier alpha value is -1.11. The Kier molecular flexibility index (Phi) is 4.67. The van der Waals surface area contributed by atoms with Gasteiger partial charge in [-0.25, -0.2) is 8.42 Å². The van der Waals surface area contributed by atoms with Gasteiger partial charge in [-0.2, -0.15) is 0 Å². The summed E-state index contributed by atoms with van der Waals surface area (Å²) in [6.45, 7) is 3.33. The van der Waals surface area contributed by atoms with E-state index in [1.165, 1.54) is 24.3 Å². The van der Waals surface area contributed by atoms with Crippen LogP contribution in [0.1, 0.15) is 23.7 Å². The molecule has 2 rings (SSSR count). The van der Waals surface area contributed by atoms with Crippen LogP contribution in [0, 0.1) is 5.92 Å². The Morgan fingerprint density at radius 3 is 2.55 bits per heavy atom. The van der Waals surface area contributed by atoms with Crippen molar-refractivity contribution in [2.75, 3.05) is 13.2 Å². The first-order chi connectivity index (χ1) is 9.38. The lowest BCUT2D eigenvalue weighted by atomic mass is 10.0. The topological polar surface area (TPSA) is 72.5 Å². The molecule has 1 aliphatic rings. The number of ether oxygens (including phenoxy) is 1. The third-order valence-electron chi connectivity index (χ3n) is 3.43. The normalized spacial score (nSPS) is 20.6. The molecule has 1 aromatic rings. The Morgan fingerprint density at radius 2 is 2.05 bits per heavy atom. The van der Waals surface area contributed by atoms with Crippen LogP contribution in [0.2, 0.25) is 0 Å². The summed E-state index contributed by atoms with van der Waals surface area (Å²) >= 11 is 0. The first-order valence-corrected chi connectivity index (χ1v) is 8.62. The van der Waals surface area contributed by atoms with Gasteiger partial charge in [0.15, 0.2) is 0 Å². The standard InChI is InChI=1S/C13H16ClNO4S/c1-9(11-6-7-19-8-11)15-13(16)10-2-4-12(5-3-10)20(14,17)18/h2-5,9,11H,6-8H2,1H3,(H,15,16). The minimum atomic E-state index is -3.76. The van der Waals surface area contributed by atoms with E-state index in [4.69, 9.17) is 15.4 Å². The number of hydrogen-bond donors (Lipinski definition) is 1. The number of carbonyl (C=O) groups is 1. The number of amides is 1. The zero-order valence-corrected chi connectivity index (χ0v) is 12.6. The first kappa shape index (κ1) is 15.3. The van der Waals surface area contributed by atoms with Gasteiger partial charge in [0.05, 0.1) is 11.5 Å². The Balaban J connectivity index is 2.02. The highest BCUT2D eigenvalue weighted by molar-refractivity contribution is 8.13. The molecule has 0 spiro atoms. The van der Waals surface area contributed by atoms with E-state index in [0.717, 1.165) is 13.0 Å². The molecule has 1 heterocycles. The SMILES string of the molecule is CC(NC(=O)c1ccc(S(=O)(=O)Cl)cc1)C1CCOC1. The van der Waals surface area contributed by atoms with Gasteiger partial charge in [-0.15, -0.1) is 0 Å². The minimum absolute atomic E-state index is 0.0152. The van der Waals surface area contributed by atoms with Crippen molar-refractivity contribution in [2.24, 2.45) is 5.92 Å². The lowest BCUT2D eigenvalue weighted by Gasteiger charge is -2.19. The van der Waals surface area contributed by atoms with Crippen LogP contribution in [-0.4, -0.2) is 33.6 Å². The molecule has 110 valence electrons. The van der Waals surface area contributed by atoms with Crippen LogP contribution < -0.4 is 5.32 Å². The number of halogens is 1. The Bertz CT molecular complexity index is 579. The molecular weight excluding hydrogens is 302 g/mol. The molecule has 1 aliphatic heterocycles. The van der Waals surface area contributed by atoms with Crippen LogP contribution in [-0.2, 0) is 13.8 Å². The van der Waals surface area contributed by atoms with Crippen LogP contribution in [0.15, 0.2) is 29.2 Å². The van der Waals surface area contributed by atoms with E-state index in [0.29, 0.717) is 18.1 Å². The predicted octanol–water partition coefficient (Wildman–Crippen LogP) is 1.77. The lowest BCUT2D eigenvalue weighted by Crippen LogP contribution is -2.38. The molecule has 2 atom stereocenters. The second-order valence-electron chi connectivity index (χ2n) is 4.85. The number of hydrogen-bond acceptors (Lipinski definition) is 4. The van der Waals surface area contributed by atoms with Crippen molar-refractivity contribution in [2.45, 2.75) is 24.3 Å². The summed E-state index contributed by atoms with van der Waals surface area (Å²) in [5.41, 5.74) is 0.403. The van der Waals surface area contributed by atoms with Gasteiger partial charge in [0.1, 0.15) is 0 Å². The fourth-order valence-electron chi connectivity index (χ4n) is 2.12. The summed E-state index contributed by atoms with van der Waals surface area (Å²) in [4.78, 5) is 12.0. The highest BCUT2D eigenvalue weighted by atomic mass is 35.7. The van der Waals surface area contributed by atoms with E-state index >= 15 is 0 Å². The van der Waals surface area contributed by atoms with Crippen molar-refractivity contribution in [3.63, 3.8) is 0 Å². The van der Waals surface area contributed by atoms with Crippen LogP contribution >= 0.6 is 10.7 Å². The third kappa shape index (κ3) is 3.71. The average molecular weight is 318 g/mol. The molecule has 0 aliphatic carbocycles. The second kappa shape index (κ2) is 6.11. The zero-order chi connectivity index (χ0) is 14.8. The maximum Gasteiger partial charge on any atom is 0.261 e. The quantitative estimate of drug-likeness (QED) is 0.859. The monoisotopic (exact) mass is 317 g/mol. The van der Waals surface area contributed by atoms with Gasteiger partial charge in [-0.05, 0) is 37.6 Å². The molecule has 1 saturated heterocycles. The van der Waals surface area contributed by atoms with Crippen LogP contribution in [0.5, 0.6) is 0 Å². The van der Waals surface area contributed by atoms with Crippen LogP contribution in [0.4, 0.5) is 0 Å². The highest BCUT2D eigenvalue weighted by Crippen LogP contribution is 2.18. The van der Waals surface area contributed by atoms with Crippen LogP contribution in [0.25, 0.3) is 0 Å². The Morgan fingerprint density at radius 1 is 1.40 bits per heavy atom. The molecule has 2 unspecified atom stereocenters. The molecule has 1 aromatic carbocycles. The average Bonchev–Trinajstić information content (AvgIpc) is 2.91. The van der Waals surface area contributed by atoms with Gasteiger partial charge >= 0.3 is 0 Å². The largest absolute Gasteiger partial charge is 0.381 e. The van der Waals surface area contributed by atoms with Crippen molar-refractivity contribution >= 4 is 25.6 Å². The van der Waals surface area contributed by atoms with E-state index in [1.807, 2.05) is 6.92 Å². The molecule has 1 amide bonds. The molecule has 0 saturated carbocycles. The van der Waals surface area contributed by atoms with Gasteiger partial charge in [0, 0.05) is 34.8 Å². The number of rotatable bonds is 4. The lowest BCUT2D eigenvalue weighted by molar-refractivity contribution is 0.0922. The van der Waals surface area contributed by atoms with Gasteiger partial charge in [-0.1, -0.05) is 0 Å². The molecule has 5 nitrogen and oxygen atoms in total. The summed E-state index contributed by atoms with van der Waals surface area (Å²) in [5.74, 6) is 0.0874. The second-order valence-corrected chi connectivity index (χ2v) is 7.41. The Labute approximate surface area is 122 Å². The molecule has 0 aromatic heterocycles. The van der Waals surface area contributed by atoms with Gasteiger partial charge in [0.25, 0.3) is 15.0 Å². The summed E-state index contributed by atoms with van der Waals surface area (Å²) in [5, 5.41) is 2.89. The fourth-order valence-corrected chi connectivity index (χ4v) is 2.89. The van der Waals surface area contributed by atoms with Crippen molar-refractivity contribution in [3.8, 4) is 0 Å². The van der Waals surface area contributed by atoms with Crippen molar-refractivity contribution in [1.29, 1.82) is 0 Å². The van der Waals surface area contributed by atoms with Crippen LogP contribution in [0.3, 0.4) is 0 Å². The van der Waals surface area contributed by atoms with E-state index in [9.17, 15) is 13.2 Å². The van der Waals surface area contributed by atoms with Crippen molar-refractivity contribution in [3.05, 3.63) is 29.8 Å². The molecule has 7 heteroatoms. The third-order valence-corrected chi connectivity index (χ3v) is 4.80. The van der Waals surface area contributed by atoms with Crippen molar-refractivity contribution in [1.82, 2.24) is 5.32 Å². The molecule has 20 heavy (non-hydrogen) atoms. The molecular formula is C13H16ClNO4S. The van der Waals surface area contributed by atoms with Gasteiger partial charge < -0.3 is 10.1 Å². The fraction of sp³-hybridized carbons (Fsp3) is 0.462. The molecule has 1 N–H and O–H groups in total. The van der Waals surface area contributed by atoms with E-state index in [-0.39, 0.29) is 16.8 Å². The minimum Gasteiger partial charge on any atom is -0.381 e. The number of carbonyl (C=O) groups excluding carboxylic acids is 1. The summed E-state index contributed by atoms with van der Waals surface area (Å²) in [6.07, 6.45) is 0.935. The van der Waals surface area contributed by atoms with Crippen molar-refractivity contribution < 1.29 is 17.9 Å². The van der Waals surface area contributed by atoms with E-state index in [2.05, 4.69) is 5.32 Å². The maximum absolute atomic E-state index is 12.0. The van der Waals surface area contributed by atoms with E-state index < -0.39 is 9.05 Å². The highest BCUT2D eigenvalue weighted by Gasteiger charge is 2.24. The van der Waals surface area contributed by atoms with E-state index in [1.54, 1.807) is 0 Å². The first-order valence-electron chi connectivity index (χ1n) is 6.31. The number of benzene rings is 1. The summed E-state index contributed by atoms with van der Waals surface area (Å²) in [6, 6.07) is 5.55. The summed E-state index contributed by atoms with van der Waals surface area (Å²) < 4.78 is 27.5. The summed E-state index contributed by atoms with van der Waals surface area (Å²) in [7, 11) is 1.46. The molecule has 1 fully saturated rings. The van der Waals surface area contributed by atoms with Gasteiger partial charge in [0.2, 0.25) is 0 Å². The smallest absolute Gasteiger partial charge is 0.261 e. The zero-order valence-electron chi connectivity index (χ0n) is 11.0. The molecule has 0 bridgehead atoms. The van der Waals surface area contributed by atoms with Gasteiger partial charge in [-0.3, -0.25) is 4.79 Å².